The summed E-state index contributed by atoms with van der Waals surface area (Å²) >= 11 is 1.00. The second-order valence-electron chi connectivity index (χ2n) is 2.98. The molecule has 16 heavy (non-hydrogen) atoms. The number of nitrogens with zero attached hydrogens (tertiary/aromatic N) is 2. The first kappa shape index (κ1) is 12.3. The molecule has 0 saturated heterocycles. The van der Waals surface area contributed by atoms with Crippen molar-refractivity contribution in [3.8, 4) is 0 Å². The molecule has 0 aliphatic rings. The lowest BCUT2D eigenvalue weighted by molar-refractivity contribution is -0.131. The minimum Gasteiger partial charge on any atom is -0.478 e. The summed E-state index contributed by atoms with van der Waals surface area (Å²) in [5, 5.41) is 10.1. The Morgan fingerprint density at radius 1 is 1.38 bits per heavy atom. The second-order valence-corrected chi connectivity index (χ2v) is 3.91. The van der Waals surface area contributed by atoms with Gasteiger partial charge in [-0.05, 0) is 5.41 Å². The molecule has 1 heterocycles. The lowest BCUT2D eigenvalue weighted by Crippen LogP contribution is -2.36. The predicted octanol–water partition coefficient (Wildman–Crippen LogP) is -0.226. The quantitative estimate of drug-likeness (QED) is 0.450. The van der Waals surface area contributed by atoms with Crippen LogP contribution in [0.5, 0.6) is 0 Å². The average molecular weight is 242 g/mol. The first-order chi connectivity index (χ1) is 7.43. The lowest BCUT2D eigenvalue weighted by Gasteiger charge is -2.05. The fourth-order valence-electron chi connectivity index (χ4n) is 0.988. The number of rotatable bonds is 3. The van der Waals surface area contributed by atoms with E-state index in [1.54, 1.807) is 0 Å². The van der Waals surface area contributed by atoms with Crippen molar-refractivity contribution in [1.29, 1.82) is 0 Å². The van der Waals surface area contributed by atoms with Crippen molar-refractivity contribution in [2.45, 2.75) is 5.03 Å². The summed E-state index contributed by atoms with van der Waals surface area (Å²) in [5.41, 5.74) is -0.868. The highest BCUT2D eigenvalue weighted by atomic mass is 32.2. The van der Waals surface area contributed by atoms with Crippen LogP contribution in [-0.2, 0) is 18.9 Å². The molecule has 0 fully saturated rings. The first-order valence-electron chi connectivity index (χ1n) is 4.26. The number of hydrogen-bond donors (Lipinski definition) is 1. The van der Waals surface area contributed by atoms with E-state index in [4.69, 9.17) is 5.11 Å². The lowest BCUT2D eigenvalue weighted by atomic mass is 10.6. The molecule has 1 aromatic heterocycles. The third-order valence-corrected chi connectivity index (χ3v) is 2.79. The van der Waals surface area contributed by atoms with Crippen molar-refractivity contribution in [1.82, 2.24) is 9.13 Å². The fourth-order valence-corrected chi connectivity index (χ4v) is 1.72. The number of carbonyl (C=O) groups is 1. The van der Waals surface area contributed by atoms with Gasteiger partial charge in [0.15, 0.2) is 0 Å². The maximum Gasteiger partial charge on any atom is 0.331 e. The Kier molecular flexibility index (Phi) is 3.73. The zero-order valence-corrected chi connectivity index (χ0v) is 9.52. The molecule has 1 rings (SSSR count). The summed E-state index contributed by atoms with van der Waals surface area (Å²) in [4.78, 5) is 33.0. The highest BCUT2D eigenvalue weighted by molar-refractivity contribution is 8.02. The van der Waals surface area contributed by atoms with Crippen LogP contribution in [0, 0.1) is 0 Å². The summed E-state index contributed by atoms with van der Waals surface area (Å²) < 4.78 is 2.25. The average Bonchev–Trinajstić information content (AvgIpc) is 2.22. The van der Waals surface area contributed by atoms with Crippen LogP contribution in [0.25, 0.3) is 0 Å². The van der Waals surface area contributed by atoms with Gasteiger partial charge < -0.3 is 5.11 Å². The number of aliphatic carboxylic acids is 1. The fraction of sp³-hybridized carbons (Fsp3) is 0.222. The molecule has 0 saturated carbocycles. The molecular weight excluding hydrogens is 232 g/mol. The highest BCUT2D eigenvalue weighted by Gasteiger charge is 2.04. The van der Waals surface area contributed by atoms with Gasteiger partial charge in [0, 0.05) is 26.2 Å². The molecule has 0 aliphatic carbocycles. The molecule has 7 heteroatoms. The van der Waals surface area contributed by atoms with E-state index in [2.05, 4.69) is 0 Å². The summed E-state index contributed by atoms with van der Waals surface area (Å²) in [7, 11) is 2.89. The van der Waals surface area contributed by atoms with Crippen molar-refractivity contribution in [2.75, 3.05) is 0 Å². The van der Waals surface area contributed by atoms with Crippen LogP contribution in [0.4, 0.5) is 0 Å². The van der Waals surface area contributed by atoms with E-state index in [9.17, 15) is 14.4 Å². The van der Waals surface area contributed by atoms with Gasteiger partial charge in [0.2, 0.25) is 0 Å². The second kappa shape index (κ2) is 4.84. The van der Waals surface area contributed by atoms with Crippen LogP contribution in [0.2, 0.25) is 0 Å². The van der Waals surface area contributed by atoms with Crippen LogP contribution >= 0.6 is 11.8 Å². The Balaban J connectivity index is 3.12. The molecule has 0 atom stereocenters. The number of hydrogen-bond acceptors (Lipinski definition) is 4. The molecule has 0 aliphatic heterocycles. The Hall–Kier alpha value is -1.76. The van der Waals surface area contributed by atoms with Crippen LogP contribution in [0.3, 0.4) is 0 Å². The third-order valence-electron chi connectivity index (χ3n) is 1.88. The van der Waals surface area contributed by atoms with Crippen molar-refractivity contribution in [3.63, 3.8) is 0 Å². The van der Waals surface area contributed by atoms with E-state index >= 15 is 0 Å². The number of thioether (sulfide) groups is 1. The Bertz CT molecular complexity index is 556. The standard InChI is InChI=1S/C9H10N2O4S/c1-10-6(12)5-7(11(2)9(10)15)16-4-3-8(13)14/h3-5H,1-2H3,(H,13,14)/b4-3+. The van der Waals surface area contributed by atoms with Gasteiger partial charge in [0.1, 0.15) is 0 Å². The van der Waals surface area contributed by atoms with Crippen molar-refractivity contribution in [3.05, 3.63) is 38.4 Å². The van der Waals surface area contributed by atoms with Gasteiger partial charge in [-0.2, -0.15) is 0 Å². The van der Waals surface area contributed by atoms with E-state index in [0.717, 1.165) is 22.4 Å². The Labute approximate surface area is 94.8 Å². The number of carboxylic acids is 1. The predicted molar refractivity (Wildman–Crippen MR) is 59.6 cm³/mol. The summed E-state index contributed by atoms with van der Waals surface area (Å²) in [6.07, 6.45) is 0.937. The van der Waals surface area contributed by atoms with Gasteiger partial charge in [0.05, 0.1) is 5.03 Å². The third kappa shape index (κ3) is 2.63. The molecule has 0 amide bonds. The van der Waals surface area contributed by atoms with Gasteiger partial charge in [0.25, 0.3) is 5.56 Å². The summed E-state index contributed by atoms with van der Waals surface area (Å²) in [5.74, 6) is -1.08. The van der Waals surface area contributed by atoms with E-state index in [1.807, 2.05) is 0 Å². The minimum absolute atomic E-state index is 0.394. The van der Waals surface area contributed by atoms with E-state index < -0.39 is 17.2 Å². The van der Waals surface area contributed by atoms with Crippen molar-refractivity contribution in [2.24, 2.45) is 14.1 Å². The first-order valence-corrected chi connectivity index (χ1v) is 5.14. The topological polar surface area (TPSA) is 81.3 Å². The van der Waals surface area contributed by atoms with Gasteiger partial charge in [-0.25, -0.2) is 9.59 Å². The highest BCUT2D eigenvalue weighted by Crippen LogP contribution is 2.14. The Morgan fingerprint density at radius 2 is 2.00 bits per heavy atom. The number of carboxylic acid groups (broad SMARTS) is 1. The zero-order valence-electron chi connectivity index (χ0n) is 8.71. The van der Waals surface area contributed by atoms with Crippen LogP contribution < -0.4 is 11.2 Å². The molecular formula is C9H10N2O4S. The van der Waals surface area contributed by atoms with E-state index in [1.165, 1.54) is 30.1 Å². The van der Waals surface area contributed by atoms with Gasteiger partial charge in [-0.3, -0.25) is 13.9 Å². The Morgan fingerprint density at radius 3 is 2.56 bits per heavy atom. The molecule has 0 radical (unpaired) electrons. The molecule has 0 unspecified atom stereocenters. The van der Waals surface area contributed by atoms with Crippen molar-refractivity contribution < 1.29 is 9.90 Å². The number of aromatic nitrogens is 2. The molecule has 0 bridgehead atoms. The zero-order chi connectivity index (χ0) is 12.3. The smallest absolute Gasteiger partial charge is 0.331 e. The van der Waals surface area contributed by atoms with Gasteiger partial charge in [-0.15, -0.1) is 0 Å². The van der Waals surface area contributed by atoms with Gasteiger partial charge >= 0.3 is 11.7 Å². The monoisotopic (exact) mass is 242 g/mol. The van der Waals surface area contributed by atoms with Crippen LogP contribution in [0.15, 0.2) is 32.2 Å². The van der Waals surface area contributed by atoms with Crippen LogP contribution in [0.1, 0.15) is 0 Å². The molecule has 0 aromatic carbocycles. The largest absolute Gasteiger partial charge is 0.478 e. The van der Waals surface area contributed by atoms with Crippen molar-refractivity contribution >= 4 is 17.7 Å². The molecule has 6 nitrogen and oxygen atoms in total. The molecule has 1 aromatic rings. The SMILES string of the molecule is Cn1c(S/C=C/C(=O)O)cc(=O)n(C)c1=O. The minimum atomic E-state index is -1.08. The van der Waals surface area contributed by atoms with Gasteiger partial charge in [-0.1, -0.05) is 11.8 Å². The normalized spacial score (nSPS) is 10.9. The molecule has 1 N–H and O–H groups in total. The van der Waals surface area contributed by atoms with E-state index in [-0.39, 0.29) is 0 Å². The molecule has 86 valence electrons. The van der Waals surface area contributed by atoms with E-state index in [0.29, 0.717) is 5.03 Å². The van der Waals surface area contributed by atoms with Crippen LogP contribution in [-0.4, -0.2) is 20.2 Å². The molecule has 0 spiro atoms. The summed E-state index contributed by atoms with van der Waals surface area (Å²) in [6, 6.07) is 1.28. The maximum absolute atomic E-state index is 11.5. The summed E-state index contributed by atoms with van der Waals surface area (Å²) in [6.45, 7) is 0. The maximum atomic E-state index is 11.5.